The van der Waals surface area contributed by atoms with Gasteiger partial charge in [-0.05, 0) is 65.3 Å². The molecule has 0 saturated carbocycles. The molecule has 0 aliphatic carbocycles. The zero-order chi connectivity index (χ0) is 35.4. The Kier molecular flexibility index (Phi) is 13.5. The van der Waals surface area contributed by atoms with Gasteiger partial charge in [0.1, 0.15) is 6.04 Å². The van der Waals surface area contributed by atoms with Gasteiger partial charge >= 0.3 is 6.09 Å². The van der Waals surface area contributed by atoms with Gasteiger partial charge in [-0.25, -0.2) is 13.2 Å². The molecule has 0 unspecified atom stereocenters. The maximum atomic E-state index is 14.0. The van der Waals surface area contributed by atoms with Crippen LogP contribution in [0.4, 0.5) is 10.5 Å². The molecule has 49 heavy (non-hydrogen) atoms. The Bertz CT molecular complexity index is 1710. The minimum absolute atomic E-state index is 0.0726. The molecule has 2 atom stereocenters. The monoisotopic (exact) mass is 687 g/mol. The Morgan fingerprint density at radius 2 is 1.43 bits per heavy atom. The van der Waals surface area contributed by atoms with Crippen LogP contribution in [0, 0.1) is 5.92 Å². The molecule has 10 nitrogen and oxygen atoms in total. The molecule has 4 N–H and O–H groups in total. The van der Waals surface area contributed by atoms with Gasteiger partial charge in [0.25, 0.3) is 0 Å². The minimum Gasteiger partial charge on any atom is -0.453 e. The SMILES string of the molecule is COC(=O)N[C@H](C(=O)Nc1cccc(C[C@@H](CO)N(CCC(C)C)S(=O)(=O)c2ccc(CO)cc2)c1)C(c1ccccc1)c1ccccc1. The van der Waals surface area contributed by atoms with Crippen LogP contribution in [0.5, 0.6) is 0 Å². The van der Waals surface area contributed by atoms with Gasteiger partial charge in [-0.3, -0.25) is 4.79 Å². The quantitative estimate of drug-likeness (QED) is 0.125. The summed E-state index contributed by atoms with van der Waals surface area (Å²) in [5.74, 6) is -0.810. The van der Waals surface area contributed by atoms with Crippen molar-refractivity contribution in [1.82, 2.24) is 9.62 Å². The summed E-state index contributed by atoms with van der Waals surface area (Å²) < 4.78 is 34.0. The molecule has 0 heterocycles. The van der Waals surface area contributed by atoms with Crippen LogP contribution in [0.25, 0.3) is 0 Å². The average Bonchev–Trinajstić information content (AvgIpc) is 3.11. The summed E-state index contributed by atoms with van der Waals surface area (Å²) in [5, 5.41) is 25.6. The second-order valence-corrected chi connectivity index (χ2v) is 14.1. The summed E-state index contributed by atoms with van der Waals surface area (Å²) in [4.78, 5) is 26.6. The first-order valence-corrected chi connectivity index (χ1v) is 17.7. The van der Waals surface area contributed by atoms with Crippen molar-refractivity contribution in [2.24, 2.45) is 5.92 Å². The van der Waals surface area contributed by atoms with Crippen LogP contribution in [0.2, 0.25) is 0 Å². The predicted octanol–water partition coefficient (Wildman–Crippen LogP) is 5.31. The van der Waals surface area contributed by atoms with E-state index < -0.39 is 46.6 Å². The summed E-state index contributed by atoms with van der Waals surface area (Å²) >= 11 is 0. The fraction of sp³-hybridized carbons (Fsp3) is 0.316. The highest BCUT2D eigenvalue weighted by Crippen LogP contribution is 2.30. The molecule has 0 aliphatic heterocycles. The number of sulfonamides is 1. The second kappa shape index (κ2) is 17.7. The van der Waals surface area contributed by atoms with Gasteiger partial charge in [0.2, 0.25) is 15.9 Å². The number of anilines is 1. The largest absolute Gasteiger partial charge is 0.453 e. The van der Waals surface area contributed by atoms with Crippen molar-refractivity contribution in [3.8, 4) is 0 Å². The molecule has 4 rings (SSSR count). The number of hydrogen-bond acceptors (Lipinski definition) is 7. The van der Waals surface area contributed by atoms with Crippen LogP contribution in [0.1, 0.15) is 48.4 Å². The van der Waals surface area contributed by atoms with Crippen molar-refractivity contribution in [2.75, 3.05) is 25.6 Å². The van der Waals surface area contributed by atoms with Crippen LogP contribution >= 0.6 is 0 Å². The average molecular weight is 688 g/mol. The lowest BCUT2D eigenvalue weighted by atomic mass is 9.84. The number of nitrogens with one attached hydrogen (secondary N) is 2. The van der Waals surface area contributed by atoms with Crippen LogP contribution in [0.15, 0.2) is 114 Å². The fourth-order valence-corrected chi connectivity index (χ4v) is 7.33. The summed E-state index contributed by atoms with van der Waals surface area (Å²) in [6, 6.07) is 30.0. The van der Waals surface area contributed by atoms with E-state index in [1.54, 1.807) is 30.3 Å². The first-order chi connectivity index (χ1) is 23.6. The minimum atomic E-state index is -4.00. The van der Waals surface area contributed by atoms with E-state index in [0.717, 1.165) is 11.1 Å². The Balaban J connectivity index is 1.63. The van der Waals surface area contributed by atoms with Gasteiger partial charge < -0.3 is 25.6 Å². The maximum Gasteiger partial charge on any atom is 0.407 e. The summed E-state index contributed by atoms with van der Waals surface area (Å²) in [6.45, 7) is 3.57. The fourth-order valence-electron chi connectivity index (χ4n) is 5.70. The number of carbonyl (C=O) groups is 2. The summed E-state index contributed by atoms with van der Waals surface area (Å²) in [5.41, 5.74) is 3.36. The molecule has 4 aromatic carbocycles. The van der Waals surface area contributed by atoms with Crippen molar-refractivity contribution >= 4 is 27.7 Å². The highest BCUT2D eigenvalue weighted by molar-refractivity contribution is 7.89. The maximum absolute atomic E-state index is 14.0. The van der Waals surface area contributed by atoms with E-state index in [9.17, 15) is 28.2 Å². The summed E-state index contributed by atoms with van der Waals surface area (Å²) in [6.07, 6.45) is -0.00319. The topological polar surface area (TPSA) is 145 Å². The van der Waals surface area contributed by atoms with Crippen molar-refractivity contribution in [3.05, 3.63) is 131 Å². The van der Waals surface area contributed by atoms with Crippen LogP contribution in [0.3, 0.4) is 0 Å². The molecule has 0 fully saturated rings. The number of benzene rings is 4. The lowest BCUT2D eigenvalue weighted by molar-refractivity contribution is -0.118. The van der Waals surface area contributed by atoms with Crippen LogP contribution < -0.4 is 10.6 Å². The van der Waals surface area contributed by atoms with Crippen molar-refractivity contribution in [3.63, 3.8) is 0 Å². The number of ether oxygens (including phenoxy) is 1. The third kappa shape index (κ3) is 9.99. The van der Waals surface area contributed by atoms with E-state index in [1.807, 2.05) is 80.6 Å². The van der Waals surface area contributed by atoms with Crippen molar-refractivity contribution < 1.29 is 33.0 Å². The van der Waals surface area contributed by atoms with Crippen molar-refractivity contribution in [1.29, 1.82) is 0 Å². The number of aliphatic hydroxyl groups is 2. The zero-order valence-corrected chi connectivity index (χ0v) is 28.8. The van der Waals surface area contributed by atoms with E-state index in [1.165, 1.54) is 23.5 Å². The Labute approximate surface area is 288 Å². The first kappa shape index (κ1) is 37.3. The van der Waals surface area contributed by atoms with Gasteiger partial charge in [-0.1, -0.05) is 98.8 Å². The summed E-state index contributed by atoms with van der Waals surface area (Å²) in [7, 11) is -2.76. The molecular formula is C38H45N3O7S. The van der Waals surface area contributed by atoms with E-state index in [-0.39, 0.29) is 30.4 Å². The number of hydrogen-bond donors (Lipinski definition) is 4. The third-order valence-electron chi connectivity index (χ3n) is 8.32. The highest BCUT2D eigenvalue weighted by Gasteiger charge is 2.34. The van der Waals surface area contributed by atoms with Gasteiger partial charge in [0.05, 0.1) is 31.3 Å². The molecule has 0 spiro atoms. The third-order valence-corrected chi connectivity index (χ3v) is 10.3. The molecule has 0 aliphatic rings. The molecule has 0 radical (unpaired) electrons. The van der Waals surface area contributed by atoms with E-state index in [2.05, 4.69) is 10.6 Å². The molecule has 0 bridgehead atoms. The number of amides is 2. The number of nitrogens with zero attached hydrogens (tertiary/aromatic N) is 1. The van der Waals surface area contributed by atoms with Gasteiger partial charge in [-0.2, -0.15) is 4.31 Å². The lowest BCUT2D eigenvalue weighted by Crippen LogP contribution is -2.48. The standard InChI is InChI=1S/C38H45N3O7S/c1-27(2)21-22-41(49(46,47)34-19-17-28(25-42)18-20-34)33(26-43)24-29-11-10-16-32(23-29)39-37(44)36(40-38(45)48-3)35(30-12-6-4-7-13-30)31-14-8-5-9-15-31/h4-20,23,27,33,35-36,42-43H,21-22,24-26H2,1-3H3,(H,39,44)(H,40,45)/t33-,36-/m0/s1. The molecule has 2 amide bonds. The molecule has 0 saturated heterocycles. The zero-order valence-electron chi connectivity index (χ0n) is 28.0. The predicted molar refractivity (Wildman–Crippen MR) is 189 cm³/mol. The molecule has 4 aromatic rings. The number of aliphatic hydroxyl groups excluding tert-OH is 2. The molecule has 0 aromatic heterocycles. The number of rotatable bonds is 16. The number of alkyl carbamates (subject to hydrolysis) is 1. The lowest BCUT2D eigenvalue weighted by Gasteiger charge is -2.31. The number of methoxy groups -OCH3 is 1. The van der Waals surface area contributed by atoms with E-state index in [4.69, 9.17) is 4.74 Å². The van der Waals surface area contributed by atoms with E-state index in [0.29, 0.717) is 23.2 Å². The van der Waals surface area contributed by atoms with E-state index >= 15 is 0 Å². The first-order valence-electron chi connectivity index (χ1n) is 16.2. The molecule has 11 heteroatoms. The Morgan fingerprint density at radius 1 is 0.816 bits per heavy atom. The smallest absolute Gasteiger partial charge is 0.407 e. The van der Waals surface area contributed by atoms with Gasteiger partial charge in [0.15, 0.2) is 0 Å². The van der Waals surface area contributed by atoms with Crippen LogP contribution in [-0.4, -0.2) is 67.3 Å². The number of carbonyl (C=O) groups excluding carboxylic acids is 2. The second-order valence-electron chi connectivity index (χ2n) is 12.2. The van der Waals surface area contributed by atoms with Crippen LogP contribution in [-0.2, 0) is 32.6 Å². The molecular weight excluding hydrogens is 642 g/mol. The highest BCUT2D eigenvalue weighted by atomic mass is 32.2. The molecule has 260 valence electrons. The Hall–Kier alpha value is -4.55. The Morgan fingerprint density at radius 3 is 1.96 bits per heavy atom. The van der Waals surface area contributed by atoms with Gasteiger partial charge in [-0.15, -0.1) is 0 Å². The normalized spacial score (nSPS) is 12.9. The van der Waals surface area contributed by atoms with Crippen molar-refractivity contribution in [2.45, 2.75) is 56.2 Å². The van der Waals surface area contributed by atoms with Gasteiger partial charge in [0, 0.05) is 18.2 Å².